The van der Waals surface area contributed by atoms with Crippen LogP contribution in [0.3, 0.4) is 0 Å². The highest BCUT2D eigenvalue weighted by molar-refractivity contribution is 7.21. The number of nitrogens with zero attached hydrogens (tertiary/aromatic N) is 3. The van der Waals surface area contributed by atoms with Gasteiger partial charge in [-0.05, 0) is 125 Å². The molecule has 2 aromatic heterocycles. The van der Waals surface area contributed by atoms with Crippen LogP contribution in [0.25, 0.3) is 53.9 Å². The van der Waals surface area contributed by atoms with E-state index in [1.807, 2.05) is 12.1 Å². The van der Waals surface area contributed by atoms with E-state index in [0.717, 1.165) is 72.2 Å². The molecule has 0 saturated carbocycles. The van der Waals surface area contributed by atoms with E-state index >= 15 is 0 Å². The molecule has 1 aliphatic carbocycles. The van der Waals surface area contributed by atoms with Crippen molar-refractivity contribution < 1.29 is 4.42 Å². The van der Waals surface area contributed by atoms with Crippen LogP contribution in [-0.2, 0) is 5.41 Å². The third-order valence-electron chi connectivity index (χ3n) is 11.5. The first kappa shape index (κ1) is 33.4. The topological polar surface area (TPSA) is 32.5 Å². The first-order valence-electron chi connectivity index (χ1n) is 19.4. The van der Waals surface area contributed by atoms with Gasteiger partial charge in [-0.2, -0.15) is 0 Å². The van der Waals surface area contributed by atoms with Crippen LogP contribution >= 0.6 is 11.3 Å². The molecule has 0 bridgehead atoms. The molecule has 0 spiro atoms. The van der Waals surface area contributed by atoms with Gasteiger partial charge in [0.2, 0.25) is 0 Å². The standard InChI is InChI=1S/C52H37N3OS/c1-52(2)45-22-11-9-20-41(45)43-32-50-47(33-46(43)52)53-51(57-50)34-24-26-37(27-25-34)55(40-28-29-49-44(31-40)42-21-10-12-23-48(42)56-49)39-19-13-18-38(30-39)54(35-14-5-3-6-15-35)36-16-7-4-8-17-36/h3-33H,1-2H3. The van der Waals surface area contributed by atoms with E-state index in [4.69, 9.17) is 9.40 Å². The van der Waals surface area contributed by atoms with Gasteiger partial charge in [0.05, 0.1) is 10.2 Å². The Labute approximate surface area is 335 Å². The minimum atomic E-state index is -0.0582. The molecule has 1 aliphatic rings. The van der Waals surface area contributed by atoms with E-state index in [-0.39, 0.29) is 5.41 Å². The van der Waals surface area contributed by atoms with E-state index in [2.05, 4.69) is 200 Å². The molecule has 10 aromatic rings. The number of para-hydroxylation sites is 3. The first-order chi connectivity index (χ1) is 28.0. The van der Waals surface area contributed by atoms with E-state index in [0.29, 0.717) is 0 Å². The summed E-state index contributed by atoms with van der Waals surface area (Å²) in [5.41, 5.74) is 15.6. The maximum atomic E-state index is 6.26. The lowest BCUT2D eigenvalue weighted by Crippen LogP contribution is -2.14. The Kier molecular flexibility index (Phi) is 7.66. The molecule has 0 atom stereocenters. The number of benzene rings is 8. The van der Waals surface area contributed by atoms with Gasteiger partial charge in [0.15, 0.2) is 0 Å². The molecule has 0 saturated heterocycles. The lowest BCUT2D eigenvalue weighted by molar-refractivity contribution is 0.661. The molecule has 0 aliphatic heterocycles. The van der Waals surface area contributed by atoms with Gasteiger partial charge in [-0.25, -0.2) is 4.98 Å². The van der Waals surface area contributed by atoms with Gasteiger partial charge in [-0.1, -0.05) is 98.8 Å². The van der Waals surface area contributed by atoms with Crippen molar-refractivity contribution in [2.45, 2.75) is 19.3 Å². The molecule has 5 heteroatoms. The molecule has 0 amide bonds. The van der Waals surface area contributed by atoms with Crippen LogP contribution < -0.4 is 9.80 Å². The Hall–Kier alpha value is -6.95. The maximum absolute atomic E-state index is 6.26. The zero-order valence-corrected chi connectivity index (χ0v) is 32.4. The van der Waals surface area contributed by atoms with Gasteiger partial charge in [0.25, 0.3) is 0 Å². The normalized spacial score (nSPS) is 12.9. The van der Waals surface area contributed by atoms with Crippen LogP contribution in [0.4, 0.5) is 34.1 Å². The summed E-state index contributed by atoms with van der Waals surface area (Å²) in [6.07, 6.45) is 0. The average Bonchev–Trinajstić information content (AvgIpc) is 3.91. The Morgan fingerprint density at radius 1 is 0.456 bits per heavy atom. The van der Waals surface area contributed by atoms with Crippen molar-refractivity contribution in [2.24, 2.45) is 0 Å². The number of fused-ring (bicyclic) bond motifs is 7. The second kappa shape index (κ2) is 13.1. The number of hydrogen-bond acceptors (Lipinski definition) is 5. The van der Waals surface area contributed by atoms with Crippen molar-refractivity contribution in [1.29, 1.82) is 0 Å². The molecule has 0 radical (unpaired) electrons. The third-order valence-corrected chi connectivity index (χ3v) is 12.5. The second-order valence-corrected chi connectivity index (χ2v) is 16.3. The molecular formula is C52H37N3OS. The zero-order valence-electron chi connectivity index (χ0n) is 31.6. The average molecular weight is 752 g/mol. The van der Waals surface area contributed by atoms with Crippen molar-refractivity contribution >= 4 is 77.6 Å². The highest BCUT2D eigenvalue weighted by atomic mass is 32.1. The van der Waals surface area contributed by atoms with Crippen molar-refractivity contribution in [3.05, 3.63) is 199 Å². The van der Waals surface area contributed by atoms with E-state index < -0.39 is 0 Å². The Morgan fingerprint density at radius 2 is 1.04 bits per heavy atom. The molecule has 8 aromatic carbocycles. The first-order valence-corrected chi connectivity index (χ1v) is 20.2. The Bertz CT molecular complexity index is 3070. The van der Waals surface area contributed by atoms with Gasteiger partial charge in [-0.3, -0.25) is 0 Å². The number of furan rings is 1. The predicted octanol–water partition coefficient (Wildman–Crippen LogP) is 15.1. The zero-order chi connectivity index (χ0) is 38.1. The largest absolute Gasteiger partial charge is 0.456 e. The Morgan fingerprint density at radius 3 is 1.79 bits per heavy atom. The lowest BCUT2D eigenvalue weighted by atomic mass is 9.82. The van der Waals surface area contributed by atoms with E-state index in [9.17, 15) is 0 Å². The summed E-state index contributed by atoms with van der Waals surface area (Å²) >= 11 is 1.76. The minimum absolute atomic E-state index is 0.0582. The summed E-state index contributed by atoms with van der Waals surface area (Å²) in [4.78, 5) is 9.86. The Balaban J connectivity index is 1.03. The van der Waals surface area contributed by atoms with Crippen molar-refractivity contribution in [3.8, 4) is 21.7 Å². The van der Waals surface area contributed by atoms with Gasteiger partial charge in [0.1, 0.15) is 16.2 Å². The summed E-state index contributed by atoms with van der Waals surface area (Å²) in [7, 11) is 0. The summed E-state index contributed by atoms with van der Waals surface area (Å²) in [6.45, 7) is 4.65. The summed E-state index contributed by atoms with van der Waals surface area (Å²) in [6, 6.07) is 67.0. The van der Waals surface area contributed by atoms with Gasteiger partial charge < -0.3 is 14.2 Å². The van der Waals surface area contributed by atoms with Crippen molar-refractivity contribution in [2.75, 3.05) is 9.80 Å². The van der Waals surface area contributed by atoms with Crippen LogP contribution in [0.1, 0.15) is 25.0 Å². The van der Waals surface area contributed by atoms with Crippen LogP contribution in [0.2, 0.25) is 0 Å². The SMILES string of the molecule is CC1(C)c2ccccc2-c2cc3sc(-c4ccc(N(c5cccc(N(c6ccccc6)c6ccccc6)c5)c5ccc6oc7ccccc7c6c5)cc4)nc3cc21. The summed E-state index contributed by atoms with van der Waals surface area (Å²) in [5.74, 6) is 0. The maximum Gasteiger partial charge on any atom is 0.135 e. The van der Waals surface area contributed by atoms with Crippen LogP contribution in [0, 0.1) is 0 Å². The number of rotatable bonds is 7. The number of hydrogen-bond donors (Lipinski definition) is 0. The molecule has 0 N–H and O–H groups in total. The predicted molar refractivity (Wildman–Crippen MR) is 239 cm³/mol. The molecular weight excluding hydrogens is 715 g/mol. The van der Waals surface area contributed by atoms with E-state index in [1.165, 1.54) is 27.0 Å². The van der Waals surface area contributed by atoms with E-state index in [1.54, 1.807) is 11.3 Å². The van der Waals surface area contributed by atoms with Gasteiger partial charge in [0, 0.05) is 55.9 Å². The summed E-state index contributed by atoms with van der Waals surface area (Å²) < 4.78 is 7.47. The molecule has 2 heterocycles. The van der Waals surface area contributed by atoms with Crippen LogP contribution in [0.5, 0.6) is 0 Å². The highest BCUT2D eigenvalue weighted by Gasteiger charge is 2.35. The quantitative estimate of drug-likeness (QED) is 0.162. The van der Waals surface area contributed by atoms with Gasteiger partial charge >= 0.3 is 0 Å². The van der Waals surface area contributed by atoms with Crippen LogP contribution in [-0.4, -0.2) is 4.98 Å². The van der Waals surface area contributed by atoms with Crippen LogP contribution in [0.15, 0.2) is 192 Å². The highest BCUT2D eigenvalue weighted by Crippen LogP contribution is 2.51. The number of thiazole rings is 1. The lowest BCUT2D eigenvalue weighted by Gasteiger charge is -2.29. The molecule has 272 valence electrons. The second-order valence-electron chi connectivity index (χ2n) is 15.2. The number of anilines is 6. The molecule has 57 heavy (non-hydrogen) atoms. The van der Waals surface area contributed by atoms with Crippen molar-refractivity contribution in [3.63, 3.8) is 0 Å². The molecule has 0 unspecified atom stereocenters. The fraction of sp³-hybridized carbons (Fsp3) is 0.0577. The third kappa shape index (κ3) is 5.54. The van der Waals surface area contributed by atoms with Gasteiger partial charge in [-0.15, -0.1) is 11.3 Å². The fourth-order valence-corrected chi connectivity index (χ4v) is 9.66. The molecule has 11 rings (SSSR count). The number of aromatic nitrogens is 1. The fourth-order valence-electron chi connectivity index (χ4n) is 8.67. The van der Waals surface area contributed by atoms with Crippen molar-refractivity contribution in [1.82, 2.24) is 4.98 Å². The molecule has 0 fully saturated rings. The monoisotopic (exact) mass is 751 g/mol. The minimum Gasteiger partial charge on any atom is -0.456 e. The molecule has 4 nitrogen and oxygen atoms in total. The smallest absolute Gasteiger partial charge is 0.135 e. The summed E-state index contributed by atoms with van der Waals surface area (Å²) in [5, 5.41) is 3.21.